The normalized spacial score (nSPS) is 20.2. The van der Waals surface area contributed by atoms with Crippen molar-refractivity contribution in [2.75, 3.05) is 6.54 Å². The van der Waals surface area contributed by atoms with E-state index in [-0.39, 0.29) is 12.5 Å². The first-order chi connectivity index (χ1) is 14.0. The van der Waals surface area contributed by atoms with E-state index in [9.17, 15) is 19.8 Å². The lowest BCUT2D eigenvalue weighted by atomic mass is 9.85. The fourth-order valence-corrected chi connectivity index (χ4v) is 3.98. The number of likely N-dealkylation sites (tertiary alicyclic amines) is 1. The minimum Gasteiger partial charge on any atom is -0.465 e. The van der Waals surface area contributed by atoms with Gasteiger partial charge in [0.1, 0.15) is 11.9 Å². The Hall–Kier alpha value is -2.39. The number of carbonyl (C=O) groups excluding carboxylic acids is 1. The molecule has 2 amide bonds. The van der Waals surface area contributed by atoms with Crippen molar-refractivity contribution in [3.63, 3.8) is 0 Å². The summed E-state index contributed by atoms with van der Waals surface area (Å²) in [6, 6.07) is 6.62. The zero-order chi connectivity index (χ0) is 22.1. The van der Waals surface area contributed by atoms with Gasteiger partial charge in [0.25, 0.3) is 0 Å². The van der Waals surface area contributed by atoms with Crippen molar-refractivity contribution in [2.45, 2.75) is 51.8 Å². The Labute approximate surface area is 183 Å². The number of benzene rings is 1. The minimum atomic E-state index is -1.26. The van der Waals surface area contributed by atoms with Crippen LogP contribution in [0.4, 0.5) is 4.79 Å². The molecule has 2 heterocycles. The van der Waals surface area contributed by atoms with Crippen molar-refractivity contribution in [2.24, 2.45) is 5.41 Å². The third kappa shape index (κ3) is 5.20. The first-order valence-corrected chi connectivity index (χ1v) is 10.6. The second-order valence-corrected chi connectivity index (χ2v) is 9.66. The predicted molar refractivity (Wildman–Crippen MR) is 115 cm³/mol. The molecule has 1 aromatic heterocycles. The van der Waals surface area contributed by atoms with Crippen LogP contribution in [0.2, 0.25) is 0 Å². The summed E-state index contributed by atoms with van der Waals surface area (Å²) in [5.74, 6) is 0.229. The predicted octanol–water partition coefficient (Wildman–Crippen LogP) is 3.08. The average Bonchev–Trinajstić information content (AvgIpc) is 3.26. The molecule has 1 fully saturated rings. The maximum absolute atomic E-state index is 13.2. The van der Waals surface area contributed by atoms with E-state index in [0.29, 0.717) is 18.7 Å². The summed E-state index contributed by atoms with van der Waals surface area (Å²) in [6.07, 6.45) is 0.802. The van der Waals surface area contributed by atoms with Crippen molar-refractivity contribution in [1.29, 1.82) is 0 Å². The molecule has 4 N–H and O–H groups in total. The fourth-order valence-electron chi connectivity index (χ4n) is 3.71. The lowest BCUT2D eigenvalue weighted by molar-refractivity contribution is -0.137. The number of carboxylic acid groups (broad SMARTS) is 1. The Bertz CT molecular complexity index is 906. The van der Waals surface area contributed by atoms with Crippen LogP contribution in [0.1, 0.15) is 50.3 Å². The number of nitrogens with zero attached hydrogens (tertiary/aromatic N) is 2. The lowest BCUT2D eigenvalue weighted by Crippen LogP contribution is -2.54. The fraction of sp³-hybridized carbons (Fsp3) is 0.476. The Morgan fingerprint density at radius 2 is 2.00 bits per heavy atom. The molecule has 8 nitrogen and oxygen atoms in total. The summed E-state index contributed by atoms with van der Waals surface area (Å²) >= 11 is 3.42. The number of aliphatic hydroxyl groups is 1. The molecule has 1 aliphatic rings. The molecule has 0 unspecified atom stereocenters. The minimum absolute atomic E-state index is 0.139. The standard InChI is InChI=1S/C21H27BrN4O4/c1-21(2,3)17(25-20(29)30)19(28)26-11-15(27)9-16(26)18-23-10-14(24-18)8-12-4-6-13(22)7-5-12/h4-7,10,15-17,25,27H,8-9,11H2,1-3H3,(H,23,24)(H,29,30)/t15-,16+,17-/m1/s1. The van der Waals surface area contributed by atoms with E-state index in [1.165, 1.54) is 4.90 Å². The van der Waals surface area contributed by atoms with Crippen LogP contribution in [0, 0.1) is 5.41 Å². The van der Waals surface area contributed by atoms with Crippen LogP contribution < -0.4 is 5.32 Å². The van der Waals surface area contributed by atoms with E-state index in [4.69, 9.17) is 0 Å². The zero-order valence-electron chi connectivity index (χ0n) is 17.2. The number of imidazole rings is 1. The number of hydrogen-bond acceptors (Lipinski definition) is 4. The van der Waals surface area contributed by atoms with Crippen molar-refractivity contribution < 1.29 is 19.8 Å². The van der Waals surface area contributed by atoms with E-state index in [0.717, 1.165) is 15.7 Å². The number of hydrogen-bond donors (Lipinski definition) is 4. The Morgan fingerprint density at radius 1 is 1.33 bits per heavy atom. The molecule has 30 heavy (non-hydrogen) atoms. The van der Waals surface area contributed by atoms with E-state index in [1.807, 2.05) is 24.3 Å². The quantitative estimate of drug-likeness (QED) is 0.526. The second-order valence-electron chi connectivity index (χ2n) is 8.74. The third-order valence-electron chi connectivity index (χ3n) is 5.21. The van der Waals surface area contributed by atoms with Crippen LogP contribution in [0.25, 0.3) is 0 Å². The highest BCUT2D eigenvalue weighted by atomic mass is 79.9. The molecule has 0 aliphatic carbocycles. The van der Waals surface area contributed by atoms with Gasteiger partial charge in [-0.25, -0.2) is 9.78 Å². The van der Waals surface area contributed by atoms with Gasteiger partial charge in [0.2, 0.25) is 5.91 Å². The molecule has 9 heteroatoms. The van der Waals surface area contributed by atoms with Gasteiger partial charge in [-0.15, -0.1) is 0 Å². The summed E-state index contributed by atoms with van der Waals surface area (Å²) in [7, 11) is 0. The highest BCUT2D eigenvalue weighted by Crippen LogP contribution is 2.33. The van der Waals surface area contributed by atoms with Crippen LogP contribution >= 0.6 is 15.9 Å². The average molecular weight is 479 g/mol. The number of aromatic nitrogens is 2. The van der Waals surface area contributed by atoms with E-state index in [2.05, 4.69) is 31.2 Å². The van der Waals surface area contributed by atoms with E-state index >= 15 is 0 Å². The molecule has 0 radical (unpaired) electrons. The molecule has 3 atom stereocenters. The summed E-state index contributed by atoms with van der Waals surface area (Å²) in [4.78, 5) is 33.7. The van der Waals surface area contributed by atoms with Gasteiger partial charge in [0.15, 0.2) is 0 Å². The molecule has 0 spiro atoms. The van der Waals surface area contributed by atoms with Gasteiger partial charge in [-0.2, -0.15) is 0 Å². The smallest absolute Gasteiger partial charge is 0.405 e. The third-order valence-corrected chi connectivity index (χ3v) is 5.74. The number of aliphatic hydroxyl groups excluding tert-OH is 1. The Kier molecular flexibility index (Phi) is 6.52. The first kappa shape index (κ1) is 22.3. The van der Waals surface area contributed by atoms with E-state index < -0.39 is 29.7 Å². The maximum atomic E-state index is 13.2. The number of halogens is 1. The number of amides is 2. The van der Waals surface area contributed by atoms with Crippen LogP contribution in [-0.2, 0) is 11.2 Å². The number of carbonyl (C=O) groups is 2. The number of H-pyrrole nitrogens is 1. The molecule has 1 saturated heterocycles. The first-order valence-electron chi connectivity index (χ1n) is 9.81. The molecule has 0 bridgehead atoms. The zero-order valence-corrected chi connectivity index (χ0v) is 18.8. The van der Waals surface area contributed by atoms with Gasteiger partial charge in [-0.1, -0.05) is 48.8 Å². The topological polar surface area (TPSA) is 119 Å². The molecule has 1 aliphatic heterocycles. The van der Waals surface area contributed by atoms with Gasteiger partial charge < -0.3 is 25.4 Å². The Balaban J connectivity index is 1.80. The molecule has 2 aromatic rings. The monoisotopic (exact) mass is 478 g/mol. The second kappa shape index (κ2) is 8.77. The molecule has 0 saturated carbocycles. The van der Waals surface area contributed by atoms with Gasteiger partial charge in [0, 0.05) is 35.7 Å². The number of rotatable bonds is 5. The molecular weight excluding hydrogens is 452 g/mol. The van der Waals surface area contributed by atoms with Crippen molar-refractivity contribution in [1.82, 2.24) is 20.2 Å². The van der Waals surface area contributed by atoms with Crippen molar-refractivity contribution in [3.05, 3.63) is 52.0 Å². The maximum Gasteiger partial charge on any atom is 0.405 e. The summed E-state index contributed by atoms with van der Waals surface area (Å²) in [5, 5.41) is 21.8. The van der Waals surface area contributed by atoms with Crippen molar-refractivity contribution in [3.8, 4) is 0 Å². The highest BCUT2D eigenvalue weighted by molar-refractivity contribution is 9.10. The number of aromatic amines is 1. The number of β-amino-alcohol motifs (C(OH)–C–C–N with tert-alkyl or cyclic N) is 1. The molecule has 1 aromatic carbocycles. The van der Waals surface area contributed by atoms with Crippen molar-refractivity contribution >= 4 is 27.9 Å². The molecule has 162 valence electrons. The van der Waals surface area contributed by atoms with Crippen LogP contribution in [0.15, 0.2) is 34.9 Å². The van der Waals surface area contributed by atoms with Crippen LogP contribution in [0.5, 0.6) is 0 Å². The molecular formula is C21H27BrN4O4. The largest absolute Gasteiger partial charge is 0.465 e. The van der Waals surface area contributed by atoms with Crippen LogP contribution in [-0.4, -0.2) is 55.8 Å². The van der Waals surface area contributed by atoms with Gasteiger partial charge in [-0.05, 0) is 23.1 Å². The summed E-state index contributed by atoms with van der Waals surface area (Å²) < 4.78 is 1.01. The SMILES string of the molecule is CC(C)(C)[C@H](NC(=O)O)C(=O)N1C[C@H](O)C[C@H]1c1ncc(Cc2ccc(Br)cc2)[nH]1. The van der Waals surface area contributed by atoms with Gasteiger partial charge >= 0.3 is 6.09 Å². The number of nitrogens with one attached hydrogen (secondary N) is 2. The Morgan fingerprint density at radius 3 is 2.60 bits per heavy atom. The lowest BCUT2D eigenvalue weighted by Gasteiger charge is -2.34. The highest BCUT2D eigenvalue weighted by Gasteiger charge is 2.43. The summed E-state index contributed by atoms with van der Waals surface area (Å²) in [5.41, 5.74) is 1.40. The molecule has 3 rings (SSSR count). The van der Waals surface area contributed by atoms with Gasteiger partial charge in [0.05, 0.1) is 12.1 Å². The summed E-state index contributed by atoms with van der Waals surface area (Å²) in [6.45, 7) is 5.54. The van der Waals surface area contributed by atoms with E-state index in [1.54, 1.807) is 27.0 Å². The van der Waals surface area contributed by atoms with Crippen LogP contribution in [0.3, 0.4) is 0 Å². The van der Waals surface area contributed by atoms with Gasteiger partial charge in [-0.3, -0.25) is 4.79 Å².